The highest BCUT2D eigenvalue weighted by Crippen LogP contribution is 2.14. The van der Waals surface area contributed by atoms with Gasteiger partial charge in [0.15, 0.2) is 0 Å². The summed E-state index contributed by atoms with van der Waals surface area (Å²) in [7, 11) is 12.0. The first-order chi connectivity index (χ1) is 38.4. The second-order valence-electron chi connectivity index (χ2n) is 23.7. The third-order valence-corrected chi connectivity index (χ3v) is 15.0. The molecule has 0 spiro atoms. The number of allylic oxidation sites excluding steroid dienone is 4. The first-order valence-corrected chi connectivity index (χ1v) is 31.2. The van der Waals surface area contributed by atoms with E-state index in [0.717, 1.165) is 116 Å². The number of quaternary nitrogens is 4. The van der Waals surface area contributed by atoms with Crippen LogP contribution in [0.5, 0.6) is 0 Å². The molecule has 6 N–H and O–H groups in total. The van der Waals surface area contributed by atoms with Crippen LogP contribution >= 0.6 is 0 Å². The topological polar surface area (TPSA) is 227 Å². The van der Waals surface area contributed by atoms with Gasteiger partial charge in [0.1, 0.15) is 91.9 Å². The monoisotopic (exact) mass is 1150 g/mol. The predicted molar refractivity (Wildman–Crippen MR) is 319 cm³/mol. The number of hydrogen-bond donors (Lipinski definition) is 6. The largest absolute Gasteiger partial charge is 0.460 e. The number of ether oxygens (including phenoxy) is 4. The van der Waals surface area contributed by atoms with Crippen molar-refractivity contribution in [3.63, 3.8) is 0 Å². The molecule has 80 heavy (non-hydrogen) atoms. The smallest absolute Gasteiger partial charge is 0.305 e. The average molecular weight is 1150 g/mol. The minimum Gasteiger partial charge on any atom is -0.460 e. The Morgan fingerprint density at radius 3 is 0.700 bits per heavy atom. The lowest BCUT2D eigenvalue weighted by Crippen LogP contribution is -2.50. The van der Waals surface area contributed by atoms with E-state index in [-0.39, 0.29) is 63.5 Å². The summed E-state index contributed by atoms with van der Waals surface area (Å²) in [6, 6.07) is 0. The van der Waals surface area contributed by atoms with E-state index in [1.807, 2.05) is 42.3 Å². The van der Waals surface area contributed by atoms with Gasteiger partial charge in [0, 0.05) is 25.7 Å². The Kier molecular flexibility index (Phi) is 53.3. The molecule has 0 aliphatic heterocycles. The third-order valence-electron chi connectivity index (χ3n) is 15.0. The van der Waals surface area contributed by atoms with Gasteiger partial charge in [0.2, 0.25) is 0 Å². The Labute approximate surface area is 486 Å². The maximum atomic E-state index is 11.9. The summed E-state index contributed by atoms with van der Waals surface area (Å²) in [5.41, 5.74) is 0. The third kappa shape index (κ3) is 54.2. The van der Waals surface area contributed by atoms with Crippen LogP contribution in [-0.4, -0.2) is 246 Å². The van der Waals surface area contributed by atoms with Crippen LogP contribution in [0.3, 0.4) is 0 Å². The number of hydrogen-bond acceptors (Lipinski definition) is 14. The zero-order chi connectivity index (χ0) is 59.9. The molecule has 0 saturated heterocycles. The summed E-state index contributed by atoms with van der Waals surface area (Å²) in [6.45, 7) is 8.09. The molecule has 0 radical (unpaired) electrons. The number of carbonyl (C=O) groups is 4. The summed E-state index contributed by atoms with van der Waals surface area (Å²) in [5.74, 6) is -0.541. The number of carbonyl (C=O) groups excluding carboxylic acids is 4. The van der Waals surface area contributed by atoms with Gasteiger partial charge in [-0.15, -0.1) is 0 Å². The Balaban J connectivity index is 0. The fourth-order valence-electron chi connectivity index (χ4n) is 8.98. The molecule has 0 unspecified atom stereocenters. The number of rotatable bonds is 56. The second kappa shape index (κ2) is 53.9. The fraction of sp³-hybridized carbons (Fsp3) is 0.871. The van der Waals surface area contributed by atoms with Crippen molar-refractivity contribution in [3.05, 3.63) is 24.3 Å². The summed E-state index contributed by atoms with van der Waals surface area (Å²) in [6.07, 6.45) is 37.3. The molecule has 0 aliphatic rings. The molecule has 0 bridgehead atoms. The maximum Gasteiger partial charge on any atom is 0.305 e. The van der Waals surface area contributed by atoms with Gasteiger partial charge in [-0.3, -0.25) is 19.2 Å². The molecule has 0 atom stereocenters. The van der Waals surface area contributed by atoms with E-state index in [1.165, 1.54) is 51.4 Å². The average Bonchev–Trinajstić information content (AvgIpc) is 3.38. The van der Waals surface area contributed by atoms with Gasteiger partial charge >= 0.3 is 23.9 Å². The molecule has 472 valence electrons. The lowest BCUT2D eigenvalue weighted by molar-refractivity contribution is -0.910. The van der Waals surface area contributed by atoms with Crippen molar-refractivity contribution in [2.75, 3.05) is 174 Å². The Hall–Kier alpha value is -3.04. The zero-order valence-corrected chi connectivity index (χ0v) is 52.0. The molecule has 0 aromatic rings. The Morgan fingerprint density at radius 1 is 0.275 bits per heavy atom. The molecule has 0 aromatic carbocycles. The molecule has 0 fully saturated rings. The van der Waals surface area contributed by atoms with Crippen molar-refractivity contribution >= 4 is 23.9 Å². The minimum atomic E-state index is -0.163. The highest BCUT2D eigenvalue weighted by molar-refractivity contribution is 5.70. The predicted octanol–water partition coefficient (Wildman–Crippen LogP) is 7.18. The molecule has 0 aromatic heterocycles. The van der Waals surface area contributed by atoms with Crippen molar-refractivity contribution in [2.45, 2.75) is 180 Å². The maximum absolute atomic E-state index is 11.9. The lowest BCUT2D eigenvalue weighted by atomic mass is 10.1. The van der Waals surface area contributed by atoms with Crippen LogP contribution in [0.15, 0.2) is 24.3 Å². The van der Waals surface area contributed by atoms with Crippen LogP contribution < -0.4 is 0 Å². The van der Waals surface area contributed by atoms with Gasteiger partial charge in [-0.25, -0.2) is 0 Å². The number of nitrogens with zero attached hydrogens (tertiary/aromatic N) is 4. The highest BCUT2D eigenvalue weighted by Gasteiger charge is 2.22. The second-order valence-corrected chi connectivity index (χ2v) is 23.7. The lowest BCUT2D eigenvalue weighted by Gasteiger charge is -2.33. The van der Waals surface area contributed by atoms with E-state index < -0.39 is 0 Å². The molecule has 0 rings (SSSR count). The molecular formula is C62H124N4O14+4. The van der Waals surface area contributed by atoms with Gasteiger partial charge in [0.05, 0.1) is 81.9 Å². The molecule has 0 saturated carbocycles. The number of likely N-dealkylation sites (N-methyl/N-ethyl adjacent to an activating group) is 4. The van der Waals surface area contributed by atoms with Crippen molar-refractivity contribution < 1.29 is 86.7 Å². The molecule has 0 heterocycles. The first kappa shape index (κ1) is 79.0. The van der Waals surface area contributed by atoms with E-state index in [2.05, 4.69) is 24.3 Å². The molecule has 18 nitrogen and oxygen atoms in total. The van der Waals surface area contributed by atoms with Gasteiger partial charge in [-0.05, 0) is 77.0 Å². The zero-order valence-electron chi connectivity index (χ0n) is 52.0. The van der Waals surface area contributed by atoms with E-state index in [4.69, 9.17) is 29.2 Å². The Morgan fingerprint density at radius 2 is 0.475 bits per heavy atom. The fourth-order valence-corrected chi connectivity index (χ4v) is 8.98. The van der Waals surface area contributed by atoms with Crippen LogP contribution in [0.4, 0.5) is 0 Å². The van der Waals surface area contributed by atoms with Crippen LogP contribution in [0.2, 0.25) is 0 Å². The highest BCUT2D eigenvalue weighted by atomic mass is 16.5. The first-order valence-electron chi connectivity index (χ1n) is 31.2. The van der Waals surface area contributed by atoms with Gasteiger partial charge in [-0.2, -0.15) is 0 Å². The van der Waals surface area contributed by atoms with E-state index >= 15 is 0 Å². The van der Waals surface area contributed by atoms with E-state index in [0.29, 0.717) is 122 Å². The normalized spacial score (nSPS) is 12.2. The summed E-state index contributed by atoms with van der Waals surface area (Å²) in [4.78, 5) is 47.5. The summed E-state index contributed by atoms with van der Waals surface area (Å²) >= 11 is 0. The standard InChI is InChI=1S/C32H64N2O8.C30H60N2O6/c1-33(19-25-35,20-26-36)23-29-41-31(39)17-15-13-11-9-7-5-3-4-6-8-10-12-14-16-18-32(40)42-30-24-34(2,21-27-37)22-28-38;1-31(2,21-25-33)23-27-37-29(35)19-17-15-13-11-9-7-5-6-8-10-12-14-16-18-20-30(36)38-28-24-32(3,4)22-26-34/h3-4,35-38H,5-30H2,1-2H3;5-6,33-34H,7-28H2,1-4H3/q2*+2/b4-3+;6-5+. The molecule has 0 amide bonds. The number of esters is 4. The van der Waals surface area contributed by atoms with E-state index in [1.54, 1.807) is 0 Å². The van der Waals surface area contributed by atoms with Gasteiger partial charge in [0.25, 0.3) is 0 Å². The number of aliphatic hydroxyl groups is 6. The van der Waals surface area contributed by atoms with Crippen LogP contribution in [0.1, 0.15) is 180 Å². The van der Waals surface area contributed by atoms with Gasteiger partial charge in [-0.1, -0.05) is 101 Å². The van der Waals surface area contributed by atoms with Crippen molar-refractivity contribution in [2.24, 2.45) is 0 Å². The summed E-state index contributed by atoms with van der Waals surface area (Å²) < 4.78 is 23.6. The molecule has 18 heteroatoms. The minimum absolute atomic E-state index is 0.0474. The van der Waals surface area contributed by atoms with E-state index in [9.17, 15) is 39.6 Å². The number of aliphatic hydroxyl groups excluding tert-OH is 6. The van der Waals surface area contributed by atoms with Crippen LogP contribution in [0, 0.1) is 0 Å². The Bertz CT molecular complexity index is 1410. The van der Waals surface area contributed by atoms with Crippen LogP contribution in [0.25, 0.3) is 0 Å². The molecule has 0 aliphatic carbocycles. The molecular weight excluding hydrogens is 1020 g/mol. The van der Waals surface area contributed by atoms with Crippen molar-refractivity contribution in [3.8, 4) is 0 Å². The SMILES string of the molecule is C[N+](C)(CCO)CCOC(=O)CCCCCCC/C=C/CCCCCCCC(=O)OCC[N+](C)(C)CCO.C[N+](CCO)(CCO)CCOC(=O)CCCCCCC/C=C/CCCCCCCC(=O)OCC[N+](C)(CCO)CCO. The quantitative estimate of drug-likeness (QED) is 0.0117. The number of unbranched alkanes of at least 4 members (excludes halogenated alkanes) is 20. The van der Waals surface area contributed by atoms with Gasteiger partial charge < -0.3 is 67.5 Å². The van der Waals surface area contributed by atoms with Crippen molar-refractivity contribution in [1.29, 1.82) is 0 Å². The van der Waals surface area contributed by atoms with Crippen LogP contribution in [-0.2, 0) is 38.1 Å². The summed E-state index contributed by atoms with van der Waals surface area (Å²) in [5, 5.41) is 54.7. The van der Waals surface area contributed by atoms with Crippen molar-refractivity contribution in [1.82, 2.24) is 0 Å².